The van der Waals surface area contributed by atoms with Crippen LogP contribution < -0.4 is 21.1 Å². The third-order valence-corrected chi connectivity index (χ3v) is 11.6. The van der Waals surface area contributed by atoms with Crippen LogP contribution in [0.25, 0.3) is 11.0 Å². The van der Waals surface area contributed by atoms with Crippen molar-refractivity contribution < 1.29 is 31.5 Å². The highest BCUT2D eigenvalue weighted by atomic mass is 32.2. The molecule has 3 aliphatic rings. The van der Waals surface area contributed by atoms with Crippen molar-refractivity contribution in [3.63, 3.8) is 0 Å². The van der Waals surface area contributed by atoms with Gasteiger partial charge in [0, 0.05) is 32.6 Å². The van der Waals surface area contributed by atoms with Crippen LogP contribution >= 0.6 is 0 Å². The van der Waals surface area contributed by atoms with Gasteiger partial charge in [-0.15, -0.1) is 0 Å². The Morgan fingerprint density at radius 1 is 1.00 bits per heavy atom. The molecular weight excluding hydrogens is 650 g/mol. The van der Waals surface area contributed by atoms with Gasteiger partial charge in [-0.1, -0.05) is 6.07 Å². The highest BCUT2D eigenvalue weighted by Gasteiger charge is 2.32. The van der Waals surface area contributed by atoms with Gasteiger partial charge in [-0.05, 0) is 81.8 Å². The van der Waals surface area contributed by atoms with Gasteiger partial charge in [0.15, 0.2) is 5.75 Å². The number of amides is 2. The Bertz CT molecular complexity index is 1800. The van der Waals surface area contributed by atoms with Crippen molar-refractivity contribution in [1.82, 2.24) is 33.6 Å². The van der Waals surface area contributed by atoms with Crippen LogP contribution in [0.15, 0.2) is 35.4 Å². The van der Waals surface area contributed by atoms with E-state index in [4.69, 9.17) is 0 Å². The van der Waals surface area contributed by atoms with Crippen molar-refractivity contribution in [3.05, 3.63) is 46.6 Å². The zero-order chi connectivity index (χ0) is 34.0. The summed E-state index contributed by atoms with van der Waals surface area (Å²) in [5.41, 5.74) is 2.26. The van der Waals surface area contributed by atoms with Gasteiger partial charge in [0.1, 0.15) is 6.04 Å². The lowest BCUT2D eigenvalue weighted by Gasteiger charge is -2.33. The Kier molecular flexibility index (Phi) is 10.1. The maximum absolute atomic E-state index is 13.1. The maximum atomic E-state index is 13.1. The Morgan fingerprint density at radius 3 is 2.38 bits per heavy atom. The third-order valence-electron chi connectivity index (χ3n) is 9.60. The number of piperidine rings is 3. The number of aromatic nitrogens is 4. The molecule has 2 amide bonds. The zero-order valence-corrected chi connectivity index (χ0v) is 27.5. The number of anilines is 1. The smallest absolute Gasteiger partial charge is 0.387 e. The number of carbonyl (C=O) groups excluding carboxylic acids is 2. The molecule has 5 heterocycles. The summed E-state index contributed by atoms with van der Waals surface area (Å²) in [4.78, 5) is 47.5. The van der Waals surface area contributed by atoms with Crippen molar-refractivity contribution >= 4 is 38.8 Å². The molecule has 1 unspecified atom stereocenters. The molecule has 0 bridgehead atoms. The van der Waals surface area contributed by atoms with Crippen molar-refractivity contribution in [2.45, 2.75) is 69.6 Å². The summed E-state index contributed by atoms with van der Waals surface area (Å²) in [6, 6.07) is 5.19. The normalized spacial score (nSPS) is 20.8. The number of imidazole rings is 1. The topological polar surface area (TPSA) is 161 Å². The minimum Gasteiger partial charge on any atom is -0.432 e. The summed E-state index contributed by atoms with van der Waals surface area (Å²) in [6.07, 6.45) is 6.32. The van der Waals surface area contributed by atoms with Crippen molar-refractivity contribution in [2.75, 3.05) is 43.8 Å². The number of fused-ring (bicyclic) bond motifs is 1. The average Bonchev–Trinajstić information content (AvgIpc) is 3.31. The first-order valence-electron chi connectivity index (χ1n) is 16.3. The van der Waals surface area contributed by atoms with Gasteiger partial charge in [0.2, 0.25) is 27.8 Å². The molecule has 17 heteroatoms. The second kappa shape index (κ2) is 14.3. The molecule has 0 spiro atoms. The van der Waals surface area contributed by atoms with Crippen LogP contribution in [0.1, 0.15) is 62.5 Å². The molecule has 1 aromatic carbocycles. The number of alkyl halides is 2. The molecule has 3 aliphatic heterocycles. The molecule has 6 rings (SSSR count). The SMILES string of the molecule is Cn1c(=O)n(C2CCC(=O)NC2=O)c2ccc(C3CCN(CCCS(=O)(=O)N4CCC(Nc5ncc(OC(F)F)cn5)CC4)CC3)cc21. The molecular formula is C31H40F2N8O6S. The van der Waals surface area contributed by atoms with Crippen LogP contribution in [0.4, 0.5) is 14.7 Å². The molecule has 0 aliphatic carbocycles. The number of benzene rings is 1. The minimum absolute atomic E-state index is 0.0320. The van der Waals surface area contributed by atoms with E-state index >= 15 is 0 Å². The van der Waals surface area contributed by atoms with Crippen molar-refractivity contribution in [2.24, 2.45) is 7.05 Å². The Labute approximate surface area is 276 Å². The van der Waals surface area contributed by atoms with Gasteiger partial charge >= 0.3 is 12.3 Å². The number of halogens is 2. The molecule has 2 aromatic heterocycles. The predicted octanol–water partition coefficient (Wildman–Crippen LogP) is 2.18. The van der Waals surface area contributed by atoms with E-state index in [1.807, 2.05) is 18.2 Å². The van der Waals surface area contributed by atoms with E-state index in [9.17, 15) is 31.6 Å². The molecule has 1 atom stereocenters. The molecule has 3 saturated heterocycles. The average molecular weight is 691 g/mol. The largest absolute Gasteiger partial charge is 0.432 e. The first-order chi connectivity index (χ1) is 23.0. The van der Waals surface area contributed by atoms with Gasteiger partial charge in [-0.25, -0.2) is 27.5 Å². The number of ether oxygens (including phenoxy) is 1. The summed E-state index contributed by atoms with van der Waals surface area (Å²) in [5, 5.41) is 5.47. The quantitative estimate of drug-likeness (QED) is 0.286. The van der Waals surface area contributed by atoms with Crippen LogP contribution in [0, 0.1) is 0 Å². The maximum Gasteiger partial charge on any atom is 0.387 e. The molecule has 3 fully saturated rings. The van der Waals surface area contributed by atoms with E-state index < -0.39 is 28.6 Å². The number of likely N-dealkylation sites (tertiary alicyclic amines) is 1. The molecule has 3 aromatic rings. The van der Waals surface area contributed by atoms with Crippen LogP contribution in [0.2, 0.25) is 0 Å². The number of nitrogens with zero attached hydrogens (tertiary/aromatic N) is 6. The number of carbonyl (C=O) groups is 2. The number of hydrogen-bond donors (Lipinski definition) is 2. The second-order valence-corrected chi connectivity index (χ2v) is 14.7. The third kappa shape index (κ3) is 7.52. The molecule has 260 valence electrons. The predicted molar refractivity (Wildman–Crippen MR) is 172 cm³/mol. The molecule has 14 nitrogen and oxygen atoms in total. The lowest BCUT2D eigenvalue weighted by atomic mass is 9.89. The standard InChI is InChI=1S/C31H40F2N8O6S/c1-38-26-17-21(3-4-24(26)41(31(38)44)25-5-6-27(42)37-28(25)43)20-7-12-39(13-8-20)11-2-16-48(45,46)40-14-9-22(10-15-40)36-30-34-18-23(19-35-30)47-29(32)33/h3-4,17-20,22,25,29H,2,5-16H2,1H3,(H,34,35,36)(H,37,42,43). The Hall–Kier alpha value is -3.96. The summed E-state index contributed by atoms with van der Waals surface area (Å²) in [5.74, 6) is -0.256. The van der Waals surface area contributed by atoms with E-state index in [2.05, 4.69) is 30.2 Å². The summed E-state index contributed by atoms with van der Waals surface area (Å²) >= 11 is 0. The number of nitrogens with one attached hydrogen (secondary N) is 2. The Morgan fingerprint density at radius 2 is 1.71 bits per heavy atom. The fourth-order valence-corrected chi connectivity index (χ4v) is 8.49. The monoisotopic (exact) mass is 690 g/mol. The van der Waals surface area contributed by atoms with Gasteiger partial charge in [0.25, 0.3) is 0 Å². The van der Waals surface area contributed by atoms with E-state index in [-0.39, 0.29) is 41.5 Å². The van der Waals surface area contributed by atoms with Crippen LogP contribution in [0.5, 0.6) is 5.75 Å². The molecule has 48 heavy (non-hydrogen) atoms. The molecule has 2 N–H and O–H groups in total. The zero-order valence-electron chi connectivity index (χ0n) is 26.7. The number of imide groups is 1. The molecule has 0 saturated carbocycles. The lowest BCUT2D eigenvalue weighted by molar-refractivity contribution is -0.135. The van der Waals surface area contributed by atoms with E-state index in [1.54, 1.807) is 11.6 Å². The summed E-state index contributed by atoms with van der Waals surface area (Å²) in [6.45, 7) is 0.180. The van der Waals surface area contributed by atoms with Gasteiger partial charge in [-0.2, -0.15) is 8.78 Å². The summed E-state index contributed by atoms with van der Waals surface area (Å²) in [7, 11) is -1.71. The Balaban J connectivity index is 0.953. The number of sulfonamides is 1. The van der Waals surface area contributed by atoms with Crippen LogP contribution in [0.3, 0.4) is 0 Å². The number of hydrogen-bond acceptors (Lipinski definition) is 10. The van der Waals surface area contributed by atoms with Gasteiger partial charge < -0.3 is 15.0 Å². The van der Waals surface area contributed by atoms with E-state index in [0.29, 0.717) is 56.8 Å². The highest BCUT2D eigenvalue weighted by molar-refractivity contribution is 7.89. The van der Waals surface area contributed by atoms with E-state index in [0.717, 1.165) is 37.0 Å². The highest BCUT2D eigenvalue weighted by Crippen LogP contribution is 2.31. The van der Waals surface area contributed by atoms with Crippen molar-refractivity contribution in [3.8, 4) is 5.75 Å². The first-order valence-corrected chi connectivity index (χ1v) is 17.9. The van der Waals surface area contributed by atoms with Crippen LogP contribution in [-0.4, -0.2) is 99.7 Å². The van der Waals surface area contributed by atoms with Gasteiger partial charge in [0.05, 0.1) is 29.2 Å². The van der Waals surface area contributed by atoms with E-state index in [1.165, 1.54) is 21.3 Å². The summed E-state index contributed by atoms with van der Waals surface area (Å²) < 4.78 is 59.6. The number of aryl methyl sites for hydroxylation is 1. The van der Waals surface area contributed by atoms with Crippen LogP contribution in [-0.2, 0) is 26.7 Å². The number of rotatable bonds is 11. The van der Waals surface area contributed by atoms with Crippen molar-refractivity contribution in [1.29, 1.82) is 0 Å². The second-order valence-electron chi connectivity index (χ2n) is 12.7. The minimum atomic E-state index is -3.40. The fraction of sp³-hybridized carbons (Fsp3) is 0.581. The fourth-order valence-electron chi connectivity index (χ4n) is 6.97. The molecule has 0 radical (unpaired) electrons. The first kappa shape index (κ1) is 33.9. The van der Waals surface area contributed by atoms with Gasteiger partial charge in [-0.3, -0.25) is 24.0 Å². The lowest BCUT2D eigenvalue weighted by Crippen LogP contribution is -2.44.